The summed E-state index contributed by atoms with van der Waals surface area (Å²) in [6, 6.07) is 0. The van der Waals surface area contributed by atoms with Gasteiger partial charge in [-0.05, 0) is 30.6 Å². The molecule has 0 aromatic carbocycles. The maximum atomic E-state index is 11.8. The number of carbonyl (C=O) groups is 4. The normalized spacial score (nSPS) is 13.7. The van der Waals surface area contributed by atoms with Gasteiger partial charge in [0.2, 0.25) is 0 Å². The first-order chi connectivity index (χ1) is 11.3. The Morgan fingerprint density at radius 2 is 1.16 bits per heavy atom. The van der Waals surface area contributed by atoms with Crippen LogP contribution < -0.4 is 0 Å². The summed E-state index contributed by atoms with van der Waals surface area (Å²) in [6.45, 7) is 7.51. The molecule has 0 saturated carbocycles. The highest BCUT2D eigenvalue weighted by molar-refractivity contribution is 5.99. The molecule has 0 aromatic rings. The molecule has 0 heterocycles. The van der Waals surface area contributed by atoms with E-state index in [1.165, 1.54) is 27.7 Å². The van der Waals surface area contributed by atoms with Crippen LogP contribution in [-0.2, 0) is 19.2 Å². The molecule has 4 N–H and O–H groups in total. The quantitative estimate of drug-likeness (QED) is 0.410. The van der Waals surface area contributed by atoms with E-state index in [2.05, 4.69) is 0 Å². The topological polar surface area (TPSA) is 149 Å². The van der Waals surface area contributed by atoms with Gasteiger partial charge in [0.1, 0.15) is 0 Å². The van der Waals surface area contributed by atoms with E-state index in [9.17, 15) is 39.6 Å². The van der Waals surface area contributed by atoms with Crippen molar-refractivity contribution < 1.29 is 39.6 Å². The van der Waals surface area contributed by atoms with Gasteiger partial charge >= 0.3 is 23.9 Å². The highest BCUT2D eigenvalue weighted by Crippen LogP contribution is 2.44. The van der Waals surface area contributed by atoms with Crippen molar-refractivity contribution in [2.75, 3.05) is 0 Å². The van der Waals surface area contributed by atoms with Crippen LogP contribution >= 0.6 is 0 Å². The second-order valence-electron chi connectivity index (χ2n) is 7.01. The van der Waals surface area contributed by atoms with E-state index < -0.39 is 52.5 Å². The van der Waals surface area contributed by atoms with Crippen LogP contribution in [0.1, 0.15) is 53.9 Å². The van der Waals surface area contributed by atoms with Gasteiger partial charge < -0.3 is 20.4 Å². The van der Waals surface area contributed by atoms with Crippen LogP contribution in [-0.4, -0.2) is 44.3 Å². The zero-order valence-electron chi connectivity index (χ0n) is 15.3. The van der Waals surface area contributed by atoms with Gasteiger partial charge in [-0.1, -0.05) is 41.0 Å². The van der Waals surface area contributed by atoms with E-state index >= 15 is 0 Å². The number of rotatable bonds is 11. The van der Waals surface area contributed by atoms with Crippen LogP contribution in [0.3, 0.4) is 0 Å². The molecule has 0 aliphatic rings. The van der Waals surface area contributed by atoms with Crippen molar-refractivity contribution in [3.8, 4) is 0 Å². The molecule has 0 spiro atoms. The molecular weight excluding hydrogens is 332 g/mol. The predicted octanol–water partition coefficient (Wildman–Crippen LogP) is 2.42. The standard InChI is InChI=1S/C17H28O8/c1-6-11(17(10(4)5,14(22)23)15(24)25)7-8-16(9(2)3,12(18)19)13(20)21/h9-11H,6-8H2,1-5H3,(H,18,19)(H,20,21)(H,22,23)(H,24,25). The third-order valence-corrected chi connectivity index (χ3v) is 5.39. The SMILES string of the molecule is CCC(CCC(C(=O)O)(C(=O)O)C(C)C)C(C(=O)O)(C(=O)O)C(C)C. The molecule has 0 aliphatic carbocycles. The van der Waals surface area contributed by atoms with E-state index in [4.69, 9.17) is 0 Å². The van der Waals surface area contributed by atoms with Crippen LogP contribution in [0.25, 0.3) is 0 Å². The van der Waals surface area contributed by atoms with Crippen LogP contribution in [0.15, 0.2) is 0 Å². The molecule has 0 saturated heterocycles. The van der Waals surface area contributed by atoms with E-state index in [1.54, 1.807) is 6.92 Å². The molecular formula is C17H28O8. The average molecular weight is 360 g/mol. The first-order valence-electron chi connectivity index (χ1n) is 8.26. The van der Waals surface area contributed by atoms with Crippen molar-refractivity contribution in [3.05, 3.63) is 0 Å². The van der Waals surface area contributed by atoms with E-state index in [1.807, 2.05) is 0 Å². The number of carboxylic acid groups (broad SMARTS) is 4. The molecule has 0 aliphatic heterocycles. The second-order valence-corrected chi connectivity index (χ2v) is 7.01. The maximum absolute atomic E-state index is 11.8. The van der Waals surface area contributed by atoms with Gasteiger partial charge in [-0.3, -0.25) is 19.2 Å². The van der Waals surface area contributed by atoms with Gasteiger partial charge in [-0.25, -0.2) is 0 Å². The molecule has 0 radical (unpaired) electrons. The Labute approximate surface area is 146 Å². The highest BCUT2D eigenvalue weighted by atomic mass is 16.4. The average Bonchev–Trinajstić information content (AvgIpc) is 2.43. The Balaban J connectivity index is 6.00. The Bertz CT molecular complexity index is 507. The first-order valence-corrected chi connectivity index (χ1v) is 8.26. The molecule has 0 bridgehead atoms. The summed E-state index contributed by atoms with van der Waals surface area (Å²) in [5, 5.41) is 38.2. The minimum Gasteiger partial charge on any atom is -0.480 e. The Morgan fingerprint density at radius 1 is 0.760 bits per heavy atom. The summed E-state index contributed by atoms with van der Waals surface area (Å²) in [5.74, 6) is -8.42. The lowest BCUT2D eigenvalue weighted by Gasteiger charge is -2.38. The Hall–Kier alpha value is -2.12. The fourth-order valence-corrected chi connectivity index (χ4v) is 3.65. The van der Waals surface area contributed by atoms with Crippen molar-refractivity contribution in [3.63, 3.8) is 0 Å². The molecule has 0 amide bonds. The predicted molar refractivity (Wildman–Crippen MR) is 88.1 cm³/mol. The van der Waals surface area contributed by atoms with Crippen molar-refractivity contribution >= 4 is 23.9 Å². The molecule has 0 fully saturated rings. The summed E-state index contributed by atoms with van der Waals surface area (Å²) >= 11 is 0. The molecule has 8 nitrogen and oxygen atoms in total. The van der Waals surface area contributed by atoms with E-state index in [0.29, 0.717) is 0 Å². The van der Waals surface area contributed by atoms with E-state index in [-0.39, 0.29) is 19.3 Å². The number of hydrogen-bond acceptors (Lipinski definition) is 4. The lowest BCUT2D eigenvalue weighted by Crippen LogP contribution is -2.51. The monoisotopic (exact) mass is 360 g/mol. The summed E-state index contributed by atoms with van der Waals surface area (Å²) < 4.78 is 0. The molecule has 1 atom stereocenters. The smallest absolute Gasteiger partial charge is 0.321 e. The number of carboxylic acids is 4. The van der Waals surface area contributed by atoms with Crippen LogP contribution in [0, 0.1) is 28.6 Å². The Morgan fingerprint density at radius 3 is 1.36 bits per heavy atom. The minimum absolute atomic E-state index is 0.135. The van der Waals surface area contributed by atoms with Crippen molar-refractivity contribution in [1.82, 2.24) is 0 Å². The molecule has 0 rings (SSSR count). The maximum Gasteiger partial charge on any atom is 0.321 e. The summed E-state index contributed by atoms with van der Waals surface area (Å²) in [4.78, 5) is 46.9. The summed E-state index contributed by atoms with van der Waals surface area (Å²) in [6.07, 6.45) is -0.308. The second kappa shape index (κ2) is 8.31. The van der Waals surface area contributed by atoms with E-state index in [0.717, 1.165) is 0 Å². The van der Waals surface area contributed by atoms with Gasteiger partial charge in [0.05, 0.1) is 0 Å². The molecule has 0 aromatic heterocycles. The fraction of sp³-hybridized carbons (Fsp3) is 0.765. The fourth-order valence-electron chi connectivity index (χ4n) is 3.65. The molecule has 144 valence electrons. The molecule has 1 unspecified atom stereocenters. The number of aliphatic carboxylic acids is 4. The van der Waals surface area contributed by atoms with Gasteiger partial charge in [-0.15, -0.1) is 0 Å². The van der Waals surface area contributed by atoms with Crippen LogP contribution in [0.2, 0.25) is 0 Å². The lowest BCUT2D eigenvalue weighted by molar-refractivity contribution is -0.175. The van der Waals surface area contributed by atoms with Crippen LogP contribution in [0.5, 0.6) is 0 Å². The third kappa shape index (κ3) is 3.77. The zero-order chi connectivity index (χ0) is 20.2. The van der Waals surface area contributed by atoms with Crippen molar-refractivity contribution in [1.29, 1.82) is 0 Å². The van der Waals surface area contributed by atoms with Gasteiger partial charge in [0.15, 0.2) is 10.8 Å². The summed E-state index contributed by atoms with van der Waals surface area (Å²) in [7, 11) is 0. The lowest BCUT2D eigenvalue weighted by atomic mass is 9.62. The Kier molecular flexibility index (Phi) is 7.61. The highest BCUT2D eigenvalue weighted by Gasteiger charge is 2.56. The van der Waals surface area contributed by atoms with Gasteiger partial charge in [-0.2, -0.15) is 0 Å². The first kappa shape index (κ1) is 22.9. The van der Waals surface area contributed by atoms with Crippen molar-refractivity contribution in [2.45, 2.75) is 53.9 Å². The minimum atomic E-state index is -2.10. The molecule has 25 heavy (non-hydrogen) atoms. The summed E-state index contributed by atoms with van der Waals surface area (Å²) in [5.41, 5.74) is -4.19. The zero-order valence-corrected chi connectivity index (χ0v) is 15.3. The van der Waals surface area contributed by atoms with Gasteiger partial charge in [0.25, 0.3) is 0 Å². The third-order valence-electron chi connectivity index (χ3n) is 5.39. The van der Waals surface area contributed by atoms with Crippen molar-refractivity contribution in [2.24, 2.45) is 28.6 Å². The molecule has 8 heteroatoms. The van der Waals surface area contributed by atoms with Gasteiger partial charge in [0, 0.05) is 0 Å². The number of hydrogen-bond donors (Lipinski definition) is 4. The van der Waals surface area contributed by atoms with Crippen LogP contribution in [0.4, 0.5) is 0 Å². The largest absolute Gasteiger partial charge is 0.480 e.